The number of aromatic nitrogens is 2. The highest BCUT2D eigenvalue weighted by molar-refractivity contribution is 5.55. The van der Waals surface area contributed by atoms with Crippen LogP contribution in [0.2, 0.25) is 0 Å². The number of piperidine rings is 1. The fourth-order valence-corrected chi connectivity index (χ4v) is 3.10. The molecule has 3 rings (SSSR count). The van der Waals surface area contributed by atoms with Crippen LogP contribution in [0.1, 0.15) is 31.7 Å². The molecule has 1 fully saturated rings. The number of benzene rings is 1. The molecule has 5 heteroatoms. The monoisotopic (exact) mass is 312 g/mol. The van der Waals surface area contributed by atoms with Gasteiger partial charge in [0, 0.05) is 44.3 Å². The molecule has 122 valence electrons. The molecule has 0 radical (unpaired) electrons. The summed E-state index contributed by atoms with van der Waals surface area (Å²) >= 11 is 0. The van der Waals surface area contributed by atoms with Gasteiger partial charge in [-0.2, -0.15) is 0 Å². The summed E-state index contributed by atoms with van der Waals surface area (Å²) in [6.45, 7) is 5.45. The number of anilines is 2. The molecule has 5 nitrogen and oxygen atoms in total. The highest BCUT2D eigenvalue weighted by Crippen LogP contribution is 2.24. The lowest BCUT2D eigenvalue weighted by Gasteiger charge is -2.30. The number of nitrogens with zero attached hydrogens (tertiary/aromatic N) is 3. The third kappa shape index (κ3) is 3.55. The number of hydrogen-bond acceptors (Lipinski definition) is 4. The molecule has 1 aromatic carbocycles. The first-order chi connectivity index (χ1) is 11.3. The van der Waals surface area contributed by atoms with Crippen molar-refractivity contribution in [2.75, 3.05) is 23.3 Å². The first kappa shape index (κ1) is 15.6. The summed E-state index contributed by atoms with van der Waals surface area (Å²) in [4.78, 5) is 18.9. The van der Waals surface area contributed by atoms with Crippen molar-refractivity contribution in [1.82, 2.24) is 9.55 Å². The molecule has 0 unspecified atom stereocenters. The highest BCUT2D eigenvalue weighted by Gasteiger charge is 2.14. The van der Waals surface area contributed by atoms with Crippen molar-refractivity contribution in [3.8, 4) is 0 Å². The lowest BCUT2D eigenvalue weighted by molar-refractivity contribution is 0.576. The van der Waals surface area contributed by atoms with E-state index < -0.39 is 0 Å². The van der Waals surface area contributed by atoms with Crippen LogP contribution in [0.3, 0.4) is 0 Å². The van der Waals surface area contributed by atoms with Crippen molar-refractivity contribution in [3.05, 3.63) is 52.6 Å². The lowest BCUT2D eigenvalue weighted by Crippen LogP contribution is -2.30. The van der Waals surface area contributed by atoms with Gasteiger partial charge in [-0.1, -0.05) is 18.2 Å². The zero-order valence-electron chi connectivity index (χ0n) is 13.7. The van der Waals surface area contributed by atoms with Gasteiger partial charge in [0.25, 0.3) is 5.56 Å². The number of hydrogen-bond donors (Lipinski definition) is 1. The van der Waals surface area contributed by atoms with Crippen LogP contribution in [0.4, 0.5) is 11.5 Å². The first-order valence-electron chi connectivity index (χ1n) is 8.41. The van der Waals surface area contributed by atoms with E-state index in [9.17, 15) is 4.79 Å². The minimum Gasteiger partial charge on any atom is -0.371 e. The van der Waals surface area contributed by atoms with Crippen LogP contribution >= 0.6 is 0 Å². The van der Waals surface area contributed by atoms with E-state index in [0.29, 0.717) is 18.9 Å². The van der Waals surface area contributed by atoms with E-state index in [0.717, 1.165) is 13.1 Å². The van der Waals surface area contributed by atoms with Gasteiger partial charge in [-0.25, -0.2) is 4.98 Å². The van der Waals surface area contributed by atoms with E-state index in [1.165, 1.54) is 30.5 Å². The summed E-state index contributed by atoms with van der Waals surface area (Å²) in [5.41, 5.74) is 2.42. The van der Waals surface area contributed by atoms with E-state index >= 15 is 0 Å². The summed E-state index contributed by atoms with van der Waals surface area (Å²) in [7, 11) is 0. The third-order valence-corrected chi connectivity index (χ3v) is 4.39. The number of aryl methyl sites for hydroxylation is 1. The Morgan fingerprint density at radius 1 is 1.17 bits per heavy atom. The Balaban J connectivity index is 1.77. The van der Waals surface area contributed by atoms with Gasteiger partial charge in [0.2, 0.25) is 0 Å². The van der Waals surface area contributed by atoms with Gasteiger partial charge in [-0.15, -0.1) is 0 Å². The van der Waals surface area contributed by atoms with Crippen LogP contribution < -0.4 is 15.8 Å². The van der Waals surface area contributed by atoms with E-state index in [1.807, 2.05) is 13.0 Å². The predicted molar refractivity (Wildman–Crippen MR) is 94.0 cm³/mol. The van der Waals surface area contributed by atoms with Gasteiger partial charge in [-0.3, -0.25) is 4.79 Å². The van der Waals surface area contributed by atoms with Gasteiger partial charge in [-0.05, 0) is 37.8 Å². The van der Waals surface area contributed by atoms with Gasteiger partial charge in [0.05, 0.1) is 0 Å². The smallest absolute Gasteiger partial charge is 0.293 e. The maximum atomic E-state index is 12.2. The molecule has 1 aliphatic heterocycles. The molecule has 0 aliphatic carbocycles. The highest BCUT2D eigenvalue weighted by atomic mass is 16.1. The van der Waals surface area contributed by atoms with Crippen molar-refractivity contribution in [3.63, 3.8) is 0 Å². The molecule has 1 aliphatic rings. The minimum absolute atomic E-state index is 0.0644. The minimum atomic E-state index is -0.0644. The standard InChI is InChI=1S/C18H24N4O/c1-2-21-13-10-19-17(18(21)23)20-14-15-8-4-5-9-16(15)22-11-6-3-7-12-22/h4-5,8-10,13H,2-3,6-7,11-12,14H2,1H3,(H,19,20). The van der Waals surface area contributed by atoms with Crippen LogP contribution in [-0.2, 0) is 13.1 Å². The molecular formula is C18H24N4O. The zero-order chi connectivity index (χ0) is 16.1. The quantitative estimate of drug-likeness (QED) is 0.922. The average molecular weight is 312 g/mol. The molecule has 0 saturated carbocycles. The Morgan fingerprint density at radius 3 is 2.74 bits per heavy atom. The Kier molecular flexibility index (Phi) is 4.95. The Bertz CT molecular complexity index is 704. The van der Waals surface area contributed by atoms with Gasteiger partial charge in [0.15, 0.2) is 5.82 Å². The zero-order valence-corrected chi connectivity index (χ0v) is 13.7. The molecular weight excluding hydrogens is 288 g/mol. The average Bonchev–Trinajstić information content (AvgIpc) is 2.62. The third-order valence-electron chi connectivity index (χ3n) is 4.39. The number of para-hydroxylation sites is 1. The molecule has 0 bridgehead atoms. The van der Waals surface area contributed by atoms with Gasteiger partial charge < -0.3 is 14.8 Å². The fourth-order valence-electron chi connectivity index (χ4n) is 3.10. The predicted octanol–water partition coefficient (Wildman–Crippen LogP) is 2.87. The maximum Gasteiger partial charge on any atom is 0.293 e. The second kappa shape index (κ2) is 7.31. The molecule has 0 spiro atoms. The molecule has 2 heterocycles. The SMILES string of the molecule is CCn1ccnc(NCc2ccccc2N2CCCCC2)c1=O. The fraction of sp³-hybridized carbons (Fsp3) is 0.444. The van der Waals surface area contributed by atoms with Crippen LogP contribution in [0.5, 0.6) is 0 Å². The molecule has 1 saturated heterocycles. The van der Waals surface area contributed by atoms with E-state index in [-0.39, 0.29) is 5.56 Å². The molecule has 0 amide bonds. The van der Waals surface area contributed by atoms with Crippen molar-refractivity contribution < 1.29 is 0 Å². The van der Waals surface area contributed by atoms with Crippen LogP contribution in [-0.4, -0.2) is 22.6 Å². The van der Waals surface area contributed by atoms with E-state index in [2.05, 4.69) is 33.4 Å². The molecule has 0 atom stereocenters. The van der Waals surface area contributed by atoms with E-state index in [1.54, 1.807) is 17.0 Å². The molecule has 23 heavy (non-hydrogen) atoms. The number of nitrogens with one attached hydrogen (secondary N) is 1. The largest absolute Gasteiger partial charge is 0.371 e. The lowest BCUT2D eigenvalue weighted by atomic mass is 10.1. The summed E-state index contributed by atoms with van der Waals surface area (Å²) in [6, 6.07) is 8.43. The first-order valence-corrected chi connectivity index (χ1v) is 8.41. The topological polar surface area (TPSA) is 50.2 Å². The Hall–Kier alpha value is -2.30. The normalized spacial score (nSPS) is 14.7. The second-order valence-electron chi connectivity index (χ2n) is 5.90. The summed E-state index contributed by atoms with van der Waals surface area (Å²) < 4.78 is 1.66. The van der Waals surface area contributed by atoms with E-state index in [4.69, 9.17) is 0 Å². The Morgan fingerprint density at radius 2 is 1.96 bits per heavy atom. The molecule has 1 aromatic heterocycles. The van der Waals surface area contributed by atoms with Crippen molar-refractivity contribution in [2.45, 2.75) is 39.3 Å². The summed E-state index contributed by atoms with van der Waals surface area (Å²) in [6.07, 6.45) is 7.22. The molecule has 1 N–H and O–H groups in total. The maximum absolute atomic E-state index is 12.2. The Labute approximate surface area is 137 Å². The summed E-state index contributed by atoms with van der Waals surface area (Å²) in [5, 5.41) is 3.21. The van der Waals surface area contributed by atoms with Gasteiger partial charge >= 0.3 is 0 Å². The number of rotatable bonds is 5. The second-order valence-corrected chi connectivity index (χ2v) is 5.90. The van der Waals surface area contributed by atoms with Crippen molar-refractivity contribution in [1.29, 1.82) is 0 Å². The van der Waals surface area contributed by atoms with Crippen LogP contribution in [0.25, 0.3) is 0 Å². The van der Waals surface area contributed by atoms with Crippen LogP contribution in [0.15, 0.2) is 41.5 Å². The molecule has 2 aromatic rings. The van der Waals surface area contributed by atoms with Crippen molar-refractivity contribution >= 4 is 11.5 Å². The van der Waals surface area contributed by atoms with Crippen LogP contribution in [0, 0.1) is 0 Å². The summed E-state index contributed by atoms with van der Waals surface area (Å²) in [5.74, 6) is 0.419. The van der Waals surface area contributed by atoms with Crippen molar-refractivity contribution in [2.24, 2.45) is 0 Å². The van der Waals surface area contributed by atoms with Gasteiger partial charge in [0.1, 0.15) is 0 Å².